The summed E-state index contributed by atoms with van der Waals surface area (Å²) in [5.41, 5.74) is 4.07. The van der Waals surface area contributed by atoms with Crippen LogP contribution in [0.15, 0.2) is 18.2 Å². The van der Waals surface area contributed by atoms with E-state index in [1.807, 2.05) is 18.2 Å². The highest BCUT2D eigenvalue weighted by Crippen LogP contribution is 2.51. The first-order valence-corrected chi connectivity index (χ1v) is 8.44. The quantitative estimate of drug-likeness (QED) is 0.940. The summed E-state index contributed by atoms with van der Waals surface area (Å²) in [5.74, 6) is -0.582. The first kappa shape index (κ1) is 13.9. The molecule has 0 aliphatic heterocycles. The number of fused-ring (bicyclic) bond motifs is 1. The third kappa shape index (κ3) is 2.00. The molecular weight excluding hydrogens is 303 g/mol. The molecule has 1 amide bonds. The van der Waals surface area contributed by atoms with E-state index in [0.717, 1.165) is 28.8 Å². The minimum atomic E-state index is -1.94. The average Bonchev–Trinajstić information content (AvgIpc) is 2.84. The molecule has 4 rings (SSSR count). The van der Waals surface area contributed by atoms with Gasteiger partial charge in [-0.3, -0.25) is 4.79 Å². The zero-order valence-electron chi connectivity index (χ0n) is 12.0. The maximum atomic E-state index is 14.5. The van der Waals surface area contributed by atoms with Crippen molar-refractivity contribution in [2.75, 3.05) is 0 Å². The number of hydrogen-bond acceptors (Lipinski definition) is 4. The number of carbonyl (C=O) groups is 1. The van der Waals surface area contributed by atoms with Gasteiger partial charge in [0.25, 0.3) is 5.91 Å². The Morgan fingerprint density at radius 2 is 2.23 bits per heavy atom. The molecule has 2 aliphatic carbocycles. The number of carbonyl (C=O) groups excluding carboxylic acids is 1. The zero-order valence-corrected chi connectivity index (χ0v) is 12.9. The van der Waals surface area contributed by atoms with E-state index in [4.69, 9.17) is 10.5 Å². The molecule has 2 fully saturated rings. The molecule has 0 saturated heterocycles. The summed E-state index contributed by atoms with van der Waals surface area (Å²) in [7, 11) is 0. The topological polar surface area (TPSA) is 65.2 Å². The standard InChI is InChI=1S/C16H17FN2O2S/c17-16(15(18)20)8-7-10(16)14-19-11-5-2-6-12(13(11)22-14)21-9-3-1-4-9/h2,5-6,9-10H,1,3-4,7-8H2,(H2,18,20). The molecule has 1 aromatic heterocycles. The number of primary amides is 1. The molecule has 2 aliphatic rings. The molecule has 2 aromatic rings. The Bertz CT molecular complexity index is 743. The van der Waals surface area contributed by atoms with Gasteiger partial charge in [0.15, 0.2) is 5.67 Å². The van der Waals surface area contributed by atoms with Gasteiger partial charge in [-0.05, 0) is 44.2 Å². The monoisotopic (exact) mass is 320 g/mol. The Labute approximate surface area is 131 Å². The minimum absolute atomic E-state index is 0.189. The summed E-state index contributed by atoms with van der Waals surface area (Å²) in [4.78, 5) is 15.9. The number of amides is 1. The maximum Gasteiger partial charge on any atom is 0.255 e. The van der Waals surface area contributed by atoms with E-state index >= 15 is 0 Å². The highest BCUT2D eigenvalue weighted by Gasteiger charge is 2.54. The van der Waals surface area contributed by atoms with Crippen LogP contribution < -0.4 is 10.5 Å². The van der Waals surface area contributed by atoms with Crippen LogP contribution in [0.2, 0.25) is 0 Å². The van der Waals surface area contributed by atoms with Gasteiger partial charge in [0, 0.05) is 0 Å². The van der Waals surface area contributed by atoms with Crippen molar-refractivity contribution in [3.8, 4) is 5.75 Å². The lowest BCUT2D eigenvalue weighted by molar-refractivity contribution is -0.137. The van der Waals surface area contributed by atoms with E-state index in [1.54, 1.807) is 0 Å². The van der Waals surface area contributed by atoms with Crippen molar-refractivity contribution in [3.63, 3.8) is 0 Å². The van der Waals surface area contributed by atoms with Gasteiger partial charge in [-0.15, -0.1) is 11.3 Å². The van der Waals surface area contributed by atoms with Crippen LogP contribution in [0.25, 0.3) is 10.2 Å². The lowest BCUT2D eigenvalue weighted by Gasteiger charge is -2.38. The van der Waals surface area contributed by atoms with Gasteiger partial charge in [-0.2, -0.15) is 0 Å². The number of alkyl halides is 1. The molecule has 116 valence electrons. The van der Waals surface area contributed by atoms with Crippen molar-refractivity contribution in [1.29, 1.82) is 0 Å². The molecule has 22 heavy (non-hydrogen) atoms. The summed E-state index contributed by atoms with van der Waals surface area (Å²) >= 11 is 1.42. The number of nitrogens with two attached hydrogens (primary N) is 1. The van der Waals surface area contributed by atoms with Crippen molar-refractivity contribution < 1.29 is 13.9 Å². The fourth-order valence-electron chi connectivity index (χ4n) is 3.01. The van der Waals surface area contributed by atoms with E-state index in [0.29, 0.717) is 11.4 Å². The molecule has 2 saturated carbocycles. The number of thiazole rings is 1. The molecule has 1 heterocycles. The minimum Gasteiger partial charge on any atom is -0.489 e. The van der Waals surface area contributed by atoms with Crippen LogP contribution in [0.1, 0.15) is 43.0 Å². The number of nitrogens with zero attached hydrogens (tertiary/aromatic N) is 1. The molecule has 0 spiro atoms. The molecule has 1 aromatic carbocycles. The van der Waals surface area contributed by atoms with Gasteiger partial charge >= 0.3 is 0 Å². The maximum absolute atomic E-state index is 14.5. The van der Waals surface area contributed by atoms with Gasteiger partial charge in [-0.25, -0.2) is 9.37 Å². The SMILES string of the molecule is NC(=O)C1(F)CCC1c1nc2cccc(OC3CCC3)c2s1. The van der Waals surface area contributed by atoms with E-state index in [-0.39, 0.29) is 12.5 Å². The predicted octanol–water partition coefficient (Wildman–Crippen LogP) is 3.30. The van der Waals surface area contributed by atoms with Crippen LogP contribution >= 0.6 is 11.3 Å². The molecule has 4 nitrogen and oxygen atoms in total. The Kier molecular flexibility index (Phi) is 3.11. The van der Waals surface area contributed by atoms with Gasteiger partial charge in [0.2, 0.25) is 0 Å². The Balaban J connectivity index is 1.68. The normalized spacial score (nSPS) is 28.1. The first-order valence-electron chi connectivity index (χ1n) is 7.63. The summed E-state index contributed by atoms with van der Waals surface area (Å²) in [6.45, 7) is 0. The summed E-state index contributed by atoms with van der Waals surface area (Å²) < 4.78 is 21.5. The summed E-state index contributed by atoms with van der Waals surface area (Å²) in [6, 6.07) is 5.73. The van der Waals surface area contributed by atoms with E-state index in [1.165, 1.54) is 17.8 Å². The number of halogens is 1. The number of aromatic nitrogens is 1. The van der Waals surface area contributed by atoms with Gasteiger partial charge in [0.1, 0.15) is 10.8 Å². The second kappa shape index (κ2) is 4.91. The van der Waals surface area contributed by atoms with Gasteiger partial charge in [0.05, 0.1) is 22.2 Å². The Morgan fingerprint density at radius 1 is 1.41 bits per heavy atom. The van der Waals surface area contributed by atoms with E-state index in [2.05, 4.69) is 4.98 Å². The third-order valence-corrected chi connectivity index (χ3v) is 6.00. The number of hydrogen-bond donors (Lipinski definition) is 1. The first-order chi connectivity index (χ1) is 10.6. The average molecular weight is 320 g/mol. The molecule has 2 N–H and O–H groups in total. The molecule has 2 unspecified atom stereocenters. The van der Waals surface area contributed by atoms with Crippen LogP contribution in [0.5, 0.6) is 5.75 Å². The van der Waals surface area contributed by atoms with Crippen LogP contribution in [0.4, 0.5) is 4.39 Å². The van der Waals surface area contributed by atoms with Crippen molar-refractivity contribution >= 4 is 27.5 Å². The molecule has 6 heteroatoms. The van der Waals surface area contributed by atoms with E-state index in [9.17, 15) is 9.18 Å². The predicted molar refractivity (Wildman–Crippen MR) is 82.9 cm³/mol. The lowest BCUT2D eigenvalue weighted by Crippen LogP contribution is -2.51. The number of rotatable bonds is 4. The molecule has 0 radical (unpaired) electrons. The van der Waals surface area contributed by atoms with E-state index < -0.39 is 17.5 Å². The lowest BCUT2D eigenvalue weighted by atomic mass is 9.70. The Morgan fingerprint density at radius 3 is 2.82 bits per heavy atom. The number of ether oxygens (including phenoxy) is 1. The second-order valence-electron chi connectivity index (χ2n) is 6.15. The molecular formula is C16H17FN2O2S. The molecule has 0 bridgehead atoms. The summed E-state index contributed by atoms with van der Waals surface area (Å²) in [5, 5.41) is 0.646. The zero-order chi connectivity index (χ0) is 15.3. The van der Waals surface area contributed by atoms with Crippen LogP contribution in [0, 0.1) is 0 Å². The largest absolute Gasteiger partial charge is 0.489 e. The second-order valence-corrected chi connectivity index (χ2v) is 7.18. The van der Waals surface area contributed by atoms with Crippen molar-refractivity contribution in [1.82, 2.24) is 4.98 Å². The van der Waals surface area contributed by atoms with Crippen molar-refractivity contribution in [2.45, 2.75) is 49.8 Å². The molecule has 2 atom stereocenters. The fraction of sp³-hybridized carbons (Fsp3) is 0.500. The van der Waals surface area contributed by atoms with Crippen LogP contribution in [-0.2, 0) is 4.79 Å². The van der Waals surface area contributed by atoms with Crippen LogP contribution in [0.3, 0.4) is 0 Å². The third-order valence-electron chi connectivity index (χ3n) is 4.80. The highest BCUT2D eigenvalue weighted by atomic mass is 32.1. The van der Waals surface area contributed by atoms with Crippen molar-refractivity contribution in [3.05, 3.63) is 23.2 Å². The van der Waals surface area contributed by atoms with Crippen molar-refractivity contribution in [2.24, 2.45) is 5.73 Å². The number of benzene rings is 1. The summed E-state index contributed by atoms with van der Waals surface area (Å²) in [6.07, 6.45) is 4.46. The smallest absolute Gasteiger partial charge is 0.255 e. The fourth-order valence-corrected chi connectivity index (χ4v) is 4.24. The van der Waals surface area contributed by atoms with Crippen LogP contribution in [-0.4, -0.2) is 22.7 Å². The van der Waals surface area contributed by atoms with Gasteiger partial charge < -0.3 is 10.5 Å². The Hall–Kier alpha value is -1.69. The highest BCUT2D eigenvalue weighted by molar-refractivity contribution is 7.19. The van der Waals surface area contributed by atoms with Gasteiger partial charge in [-0.1, -0.05) is 6.07 Å².